The van der Waals surface area contributed by atoms with Crippen LogP contribution in [0.3, 0.4) is 0 Å². The van der Waals surface area contributed by atoms with E-state index in [1.54, 1.807) is 13.0 Å². The standard InChI is InChI=1S/C20H27N3O2/c1-13-8-7-11-17(15(13)3)21-19(16-9-5-4-6-10-16)20(24)22-18-12-14(2)25-23-18/h4-6,9-10,12-13,15,17,19,21H,7-8,11H2,1-3H3,(H,22,23,24)/t13-,15-,17-,19-/m1/s1. The largest absolute Gasteiger partial charge is 0.360 e. The second kappa shape index (κ2) is 7.83. The SMILES string of the molecule is Cc1cc(NC(=O)[C@H](N[C@@H]2CCC[C@@H](C)[C@H]2C)c2ccccc2)no1. The normalized spacial score (nSPS) is 24.7. The molecule has 3 rings (SSSR count). The molecule has 5 heteroatoms. The molecule has 1 saturated carbocycles. The van der Waals surface area contributed by atoms with Crippen molar-refractivity contribution in [1.82, 2.24) is 10.5 Å². The Labute approximate surface area is 149 Å². The van der Waals surface area contributed by atoms with Gasteiger partial charge in [0.05, 0.1) is 0 Å². The summed E-state index contributed by atoms with van der Waals surface area (Å²) >= 11 is 0. The van der Waals surface area contributed by atoms with Crippen LogP contribution in [0.4, 0.5) is 5.82 Å². The van der Waals surface area contributed by atoms with E-state index < -0.39 is 6.04 Å². The van der Waals surface area contributed by atoms with Crippen molar-refractivity contribution < 1.29 is 9.32 Å². The first-order valence-corrected chi connectivity index (χ1v) is 9.10. The van der Waals surface area contributed by atoms with Crippen molar-refractivity contribution in [2.75, 3.05) is 5.32 Å². The molecular formula is C20H27N3O2. The fraction of sp³-hybridized carbons (Fsp3) is 0.500. The molecule has 4 atom stereocenters. The van der Waals surface area contributed by atoms with Crippen LogP contribution < -0.4 is 10.6 Å². The van der Waals surface area contributed by atoms with Gasteiger partial charge in [-0.15, -0.1) is 0 Å². The van der Waals surface area contributed by atoms with Crippen LogP contribution in [0.25, 0.3) is 0 Å². The maximum absolute atomic E-state index is 12.9. The first-order chi connectivity index (χ1) is 12.0. The van der Waals surface area contributed by atoms with Gasteiger partial charge in [-0.2, -0.15) is 0 Å². The molecule has 1 fully saturated rings. The van der Waals surface area contributed by atoms with Crippen LogP contribution in [0.1, 0.15) is 50.5 Å². The Morgan fingerprint density at radius 3 is 2.68 bits per heavy atom. The van der Waals surface area contributed by atoms with Crippen LogP contribution in [-0.4, -0.2) is 17.1 Å². The molecule has 1 heterocycles. The summed E-state index contributed by atoms with van der Waals surface area (Å²) < 4.78 is 5.05. The molecule has 0 saturated heterocycles. The van der Waals surface area contributed by atoms with Crippen LogP contribution in [0, 0.1) is 18.8 Å². The van der Waals surface area contributed by atoms with Crippen molar-refractivity contribution in [3.8, 4) is 0 Å². The molecular weight excluding hydrogens is 314 g/mol. The van der Waals surface area contributed by atoms with Crippen molar-refractivity contribution in [2.45, 2.75) is 52.1 Å². The van der Waals surface area contributed by atoms with E-state index >= 15 is 0 Å². The van der Waals surface area contributed by atoms with Gasteiger partial charge in [0.1, 0.15) is 11.8 Å². The minimum absolute atomic E-state index is 0.107. The highest BCUT2D eigenvalue weighted by Gasteiger charge is 2.31. The number of aryl methyl sites for hydroxylation is 1. The molecule has 1 aliphatic carbocycles. The molecule has 134 valence electrons. The van der Waals surface area contributed by atoms with Crippen LogP contribution in [0.5, 0.6) is 0 Å². The topological polar surface area (TPSA) is 67.2 Å². The Morgan fingerprint density at radius 2 is 2.00 bits per heavy atom. The van der Waals surface area contributed by atoms with Gasteiger partial charge in [-0.05, 0) is 30.7 Å². The number of benzene rings is 1. The molecule has 0 unspecified atom stereocenters. The second-order valence-corrected chi connectivity index (χ2v) is 7.20. The van der Waals surface area contributed by atoms with E-state index in [2.05, 4.69) is 29.6 Å². The number of anilines is 1. The maximum atomic E-state index is 12.9. The zero-order chi connectivity index (χ0) is 17.8. The lowest BCUT2D eigenvalue weighted by Crippen LogP contribution is -2.45. The molecule has 1 aromatic heterocycles. The molecule has 2 aromatic rings. The number of amides is 1. The van der Waals surface area contributed by atoms with Gasteiger partial charge in [0.25, 0.3) is 0 Å². The number of hydrogen-bond donors (Lipinski definition) is 2. The fourth-order valence-electron chi connectivity index (χ4n) is 3.62. The number of nitrogens with zero attached hydrogens (tertiary/aromatic N) is 1. The number of rotatable bonds is 5. The number of carbonyl (C=O) groups excluding carboxylic acids is 1. The van der Waals surface area contributed by atoms with E-state index in [-0.39, 0.29) is 5.91 Å². The lowest BCUT2D eigenvalue weighted by atomic mass is 9.77. The van der Waals surface area contributed by atoms with E-state index in [0.29, 0.717) is 29.5 Å². The van der Waals surface area contributed by atoms with E-state index in [9.17, 15) is 4.79 Å². The number of aromatic nitrogens is 1. The van der Waals surface area contributed by atoms with Gasteiger partial charge in [0, 0.05) is 12.1 Å². The van der Waals surface area contributed by atoms with Crippen LogP contribution in [0.15, 0.2) is 40.9 Å². The number of hydrogen-bond acceptors (Lipinski definition) is 4. The monoisotopic (exact) mass is 341 g/mol. The smallest absolute Gasteiger partial charge is 0.247 e. The predicted octanol–water partition coefficient (Wildman–Crippen LogP) is 4.08. The molecule has 0 aliphatic heterocycles. The minimum atomic E-state index is -0.407. The molecule has 5 nitrogen and oxygen atoms in total. The Kier molecular flexibility index (Phi) is 5.53. The van der Waals surface area contributed by atoms with E-state index in [1.807, 2.05) is 30.3 Å². The summed E-state index contributed by atoms with van der Waals surface area (Å²) in [6.07, 6.45) is 3.57. The Hall–Kier alpha value is -2.14. The molecule has 0 bridgehead atoms. The van der Waals surface area contributed by atoms with Crippen molar-refractivity contribution in [2.24, 2.45) is 11.8 Å². The summed E-state index contributed by atoms with van der Waals surface area (Å²) in [7, 11) is 0. The summed E-state index contributed by atoms with van der Waals surface area (Å²) in [5, 5.41) is 10.4. The molecule has 1 amide bonds. The fourth-order valence-corrected chi connectivity index (χ4v) is 3.62. The van der Waals surface area contributed by atoms with Crippen molar-refractivity contribution in [3.63, 3.8) is 0 Å². The first kappa shape index (κ1) is 17.7. The minimum Gasteiger partial charge on any atom is -0.360 e. The summed E-state index contributed by atoms with van der Waals surface area (Å²) in [4.78, 5) is 12.9. The maximum Gasteiger partial charge on any atom is 0.247 e. The van der Waals surface area contributed by atoms with Crippen LogP contribution in [-0.2, 0) is 4.79 Å². The predicted molar refractivity (Wildman–Crippen MR) is 98.2 cm³/mol. The highest BCUT2D eigenvalue weighted by molar-refractivity contribution is 5.94. The van der Waals surface area contributed by atoms with Gasteiger partial charge in [0.2, 0.25) is 5.91 Å². The molecule has 0 spiro atoms. The lowest BCUT2D eigenvalue weighted by Gasteiger charge is -2.37. The average Bonchev–Trinajstić information content (AvgIpc) is 3.01. The summed E-state index contributed by atoms with van der Waals surface area (Å²) in [5.74, 6) is 2.24. The van der Waals surface area contributed by atoms with Crippen molar-refractivity contribution >= 4 is 11.7 Å². The van der Waals surface area contributed by atoms with Crippen LogP contribution in [0.2, 0.25) is 0 Å². The van der Waals surface area contributed by atoms with Gasteiger partial charge in [0.15, 0.2) is 5.82 Å². The Bertz CT molecular complexity index is 698. The van der Waals surface area contributed by atoms with Gasteiger partial charge in [-0.25, -0.2) is 0 Å². The highest BCUT2D eigenvalue weighted by atomic mass is 16.5. The first-order valence-electron chi connectivity index (χ1n) is 9.10. The van der Waals surface area contributed by atoms with Crippen LogP contribution >= 0.6 is 0 Å². The van der Waals surface area contributed by atoms with Crippen molar-refractivity contribution in [1.29, 1.82) is 0 Å². The third-order valence-electron chi connectivity index (χ3n) is 5.36. The average molecular weight is 341 g/mol. The zero-order valence-corrected chi connectivity index (χ0v) is 15.2. The van der Waals surface area contributed by atoms with Crippen molar-refractivity contribution in [3.05, 3.63) is 47.7 Å². The third-order valence-corrected chi connectivity index (χ3v) is 5.36. The van der Waals surface area contributed by atoms with Gasteiger partial charge >= 0.3 is 0 Å². The number of carbonyl (C=O) groups is 1. The summed E-state index contributed by atoms with van der Waals surface area (Å²) in [5.41, 5.74) is 0.964. The van der Waals surface area contributed by atoms with Gasteiger partial charge in [-0.3, -0.25) is 10.1 Å². The number of nitrogens with one attached hydrogen (secondary N) is 2. The quantitative estimate of drug-likeness (QED) is 0.860. The second-order valence-electron chi connectivity index (χ2n) is 7.20. The third kappa shape index (κ3) is 4.28. The van der Waals surface area contributed by atoms with E-state index in [0.717, 1.165) is 12.0 Å². The molecule has 25 heavy (non-hydrogen) atoms. The van der Waals surface area contributed by atoms with Gasteiger partial charge in [-0.1, -0.05) is 62.2 Å². The van der Waals surface area contributed by atoms with E-state index in [4.69, 9.17) is 4.52 Å². The van der Waals surface area contributed by atoms with Gasteiger partial charge < -0.3 is 9.84 Å². The Morgan fingerprint density at radius 1 is 1.24 bits per heavy atom. The molecule has 0 radical (unpaired) electrons. The molecule has 2 N–H and O–H groups in total. The summed E-state index contributed by atoms with van der Waals surface area (Å²) in [6, 6.07) is 11.5. The lowest BCUT2D eigenvalue weighted by molar-refractivity contribution is -0.118. The highest BCUT2D eigenvalue weighted by Crippen LogP contribution is 2.31. The zero-order valence-electron chi connectivity index (χ0n) is 15.2. The van der Waals surface area contributed by atoms with E-state index in [1.165, 1.54) is 12.8 Å². The summed E-state index contributed by atoms with van der Waals surface area (Å²) in [6.45, 7) is 6.39. The Balaban J connectivity index is 1.78. The molecule has 1 aromatic carbocycles. The molecule has 1 aliphatic rings.